The van der Waals surface area contributed by atoms with E-state index in [4.69, 9.17) is 0 Å². The quantitative estimate of drug-likeness (QED) is 0.172. The molecule has 5 heterocycles. The number of aryl methyl sites for hydroxylation is 1. The Morgan fingerprint density at radius 3 is 1.77 bits per heavy atom. The summed E-state index contributed by atoms with van der Waals surface area (Å²) >= 11 is 0. The summed E-state index contributed by atoms with van der Waals surface area (Å²) in [7, 11) is 0. The Labute approximate surface area is 452 Å². The number of para-hydroxylation sites is 5. The maximum atomic E-state index is 3.98. The van der Waals surface area contributed by atoms with Crippen molar-refractivity contribution < 1.29 is 0 Å². The first-order valence-corrected chi connectivity index (χ1v) is 27.3. The largest absolute Gasteiger partial charge is 0.374 e. The third-order valence-electron chi connectivity index (χ3n) is 17.1. The zero-order valence-corrected chi connectivity index (χ0v) is 43.4. The van der Waals surface area contributed by atoms with E-state index in [-0.39, 0.29) is 11.5 Å². The van der Waals surface area contributed by atoms with Crippen LogP contribution in [0.1, 0.15) is 47.2 Å². The van der Waals surface area contributed by atoms with Gasteiger partial charge < -0.3 is 23.9 Å². The maximum absolute atomic E-state index is 3.98. The molecule has 0 amide bonds. The molecule has 370 valence electrons. The van der Waals surface area contributed by atoms with E-state index in [1.54, 1.807) is 0 Å². The van der Waals surface area contributed by atoms with Gasteiger partial charge in [-0.25, -0.2) is 0 Å². The van der Waals surface area contributed by atoms with Crippen molar-refractivity contribution >= 4 is 88.1 Å². The van der Waals surface area contributed by atoms with Gasteiger partial charge in [-0.3, -0.25) is 0 Å². The Morgan fingerprint density at radius 1 is 0.487 bits per heavy atom. The highest BCUT2D eigenvalue weighted by molar-refractivity contribution is 6.28. The molecule has 13 aromatic rings. The fourth-order valence-corrected chi connectivity index (χ4v) is 13.7. The van der Waals surface area contributed by atoms with Gasteiger partial charge in [0.1, 0.15) is 0 Å². The summed E-state index contributed by atoms with van der Waals surface area (Å²) in [5.41, 5.74) is 22.4. The molecule has 0 bridgehead atoms. The smallest absolute Gasteiger partial charge is 0.0707 e. The molecule has 0 spiro atoms. The summed E-state index contributed by atoms with van der Waals surface area (Å²) in [6.07, 6.45) is 12.7. The van der Waals surface area contributed by atoms with Gasteiger partial charge in [-0.2, -0.15) is 0 Å². The standard InChI is InChI=1S/C73H53N5/c1-47-42-65-68(55-34-18-20-36-62(55)75(65)51-28-12-5-13-29-51)72-67(47)58-45-54(39-40-64(58)76(72)52-30-14-6-15-31-52)77-63-37-21-19-35-56(63)69-70(77)57(46-59-71(69)78(53-32-16-7-17-33-53)66-38-22-23-41-73(59,66)2)50-43-60(48-24-8-3-9-25-48)74-61(44-50)49-26-10-4-11-27-49/h3-40,42-46,60,74H,41H2,1-2H3. The molecule has 2 atom stereocenters. The van der Waals surface area contributed by atoms with Gasteiger partial charge in [-0.15, -0.1) is 0 Å². The van der Waals surface area contributed by atoms with Gasteiger partial charge in [0.2, 0.25) is 0 Å². The van der Waals surface area contributed by atoms with Crippen LogP contribution < -0.4 is 10.2 Å². The molecule has 3 aliphatic rings. The molecule has 3 aromatic heterocycles. The number of hydrogen-bond acceptors (Lipinski definition) is 2. The highest BCUT2D eigenvalue weighted by Crippen LogP contribution is 2.60. The third-order valence-corrected chi connectivity index (χ3v) is 17.1. The first-order valence-electron chi connectivity index (χ1n) is 27.3. The SMILES string of the molecule is Cc1cc2c(c3ccccc3n2-c2ccccc2)c2c1c1cc(-n3c4ccccc4c4c5c(cc(C6=CC(c7ccccc7)NC(c7ccccc7)=C6)c43)C3(C)CC=CC=C3N5c3ccccc3)ccc1n2-c1ccccc1. The lowest BCUT2D eigenvalue weighted by molar-refractivity contribution is 0.577. The predicted octanol–water partition coefficient (Wildman–Crippen LogP) is 18.3. The van der Waals surface area contributed by atoms with Crippen molar-refractivity contribution in [3.63, 3.8) is 0 Å². The molecule has 2 aliphatic heterocycles. The summed E-state index contributed by atoms with van der Waals surface area (Å²) in [6, 6.07) is 84.8. The molecule has 0 fully saturated rings. The number of fused-ring (bicyclic) bond motifs is 14. The Balaban J connectivity index is 1.05. The van der Waals surface area contributed by atoms with E-state index in [9.17, 15) is 0 Å². The summed E-state index contributed by atoms with van der Waals surface area (Å²) in [5.74, 6) is 0. The van der Waals surface area contributed by atoms with Crippen molar-refractivity contribution in [2.45, 2.75) is 31.7 Å². The lowest BCUT2D eigenvalue weighted by atomic mass is 9.75. The monoisotopic (exact) mass is 999 g/mol. The molecule has 2 unspecified atom stereocenters. The molecule has 16 rings (SSSR count). The third kappa shape index (κ3) is 6.42. The Kier molecular flexibility index (Phi) is 9.74. The van der Waals surface area contributed by atoms with E-state index in [0.717, 1.165) is 40.4 Å². The van der Waals surface area contributed by atoms with Crippen molar-refractivity contribution in [2.75, 3.05) is 4.90 Å². The second kappa shape index (κ2) is 17.1. The molecule has 78 heavy (non-hydrogen) atoms. The highest BCUT2D eigenvalue weighted by Gasteiger charge is 2.47. The first kappa shape index (κ1) is 44.5. The second-order valence-corrected chi connectivity index (χ2v) is 21.5. The minimum absolute atomic E-state index is 0.0693. The van der Waals surface area contributed by atoms with E-state index >= 15 is 0 Å². The molecule has 0 radical (unpaired) electrons. The van der Waals surface area contributed by atoms with Crippen LogP contribution in [0.4, 0.5) is 11.4 Å². The number of dihydropyridines is 1. The topological polar surface area (TPSA) is 30.1 Å². The Hall–Kier alpha value is -9.84. The molecule has 1 N–H and O–H groups in total. The van der Waals surface area contributed by atoms with Crippen molar-refractivity contribution in [3.05, 3.63) is 294 Å². The molecule has 0 saturated heterocycles. The van der Waals surface area contributed by atoms with Crippen LogP contribution in [-0.2, 0) is 5.41 Å². The van der Waals surface area contributed by atoms with Crippen molar-refractivity contribution in [1.82, 2.24) is 19.0 Å². The molecular weight excluding hydrogens is 947 g/mol. The predicted molar refractivity (Wildman–Crippen MR) is 327 cm³/mol. The normalized spacial score (nSPS) is 17.0. The molecule has 0 saturated carbocycles. The summed E-state index contributed by atoms with van der Waals surface area (Å²) in [5, 5.41) is 11.4. The number of aromatic nitrogens is 3. The van der Waals surface area contributed by atoms with E-state index in [2.05, 4.69) is 299 Å². The minimum Gasteiger partial charge on any atom is -0.374 e. The number of rotatable bonds is 7. The highest BCUT2D eigenvalue weighted by atomic mass is 15.2. The van der Waals surface area contributed by atoms with Gasteiger partial charge >= 0.3 is 0 Å². The van der Waals surface area contributed by atoms with Gasteiger partial charge in [0, 0.05) is 77.4 Å². The second-order valence-electron chi connectivity index (χ2n) is 21.5. The lowest BCUT2D eigenvalue weighted by Crippen LogP contribution is -2.27. The van der Waals surface area contributed by atoms with Gasteiger partial charge in [-0.1, -0.05) is 164 Å². The zero-order chi connectivity index (χ0) is 51.6. The van der Waals surface area contributed by atoms with Gasteiger partial charge in [-0.05, 0) is 145 Å². The van der Waals surface area contributed by atoms with Crippen LogP contribution in [0.3, 0.4) is 0 Å². The Morgan fingerprint density at radius 2 is 1.06 bits per heavy atom. The maximum Gasteiger partial charge on any atom is 0.0707 e. The van der Waals surface area contributed by atoms with Crippen LogP contribution in [0.15, 0.2) is 267 Å². The van der Waals surface area contributed by atoms with Crippen molar-refractivity contribution in [3.8, 4) is 17.1 Å². The average Bonchev–Trinajstić information content (AvgIpc) is 3.93. The van der Waals surface area contributed by atoms with Gasteiger partial charge in [0.05, 0.1) is 44.8 Å². The molecular formula is C73H53N5. The number of allylic oxidation sites excluding steroid dienone is 6. The van der Waals surface area contributed by atoms with E-state index in [1.165, 1.54) is 105 Å². The minimum atomic E-state index is -0.283. The van der Waals surface area contributed by atoms with Crippen molar-refractivity contribution in [1.29, 1.82) is 0 Å². The van der Waals surface area contributed by atoms with Crippen LogP contribution in [-0.4, -0.2) is 13.7 Å². The lowest BCUT2D eigenvalue weighted by Gasteiger charge is -2.31. The average molecular weight is 1000 g/mol. The van der Waals surface area contributed by atoms with Gasteiger partial charge in [0.15, 0.2) is 0 Å². The van der Waals surface area contributed by atoms with Crippen molar-refractivity contribution in [2.24, 2.45) is 0 Å². The summed E-state index contributed by atoms with van der Waals surface area (Å²) in [4.78, 5) is 2.58. The Bertz CT molecular complexity index is 4730. The first-order chi connectivity index (χ1) is 38.5. The number of nitrogens with one attached hydrogen (secondary N) is 1. The van der Waals surface area contributed by atoms with E-state index < -0.39 is 0 Å². The van der Waals surface area contributed by atoms with Crippen LogP contribution in [0.2, 0.25) is 0 Å². The van der Waals surface area contributed by atoms with Crippen LogP contribution in [0.25, 0.3) is 93.7 Å². The molecule has 1 aliphatic carbocycles. The number of nitrogens with zero attached hydrogens (tertiary/aromatic N) is 4. The molecule has 10 aromatic carbocycles. The van der Waals surface area contributed by atoms with Crippen LogP contribution >= 0.6 is 0 Å². The van der Waals surface area contributed by atoms with Gasteiger partial charge in [0.25, 0.3) is 0 Å². The molecule has 5 heteroatoms. The van der Waals surface area contributed by atoms with E-state index in [0.29, 0.717) is 0 Å². The van der Waals surface area contributed by atoms with Crippen LogP contribution in [0, 0.1) is 6.92 Å². The summed E-state index contributed by atoms with van der Waals surface area (Å²) < 4.78 is 7.57. The number of benzene rings is 10. The number of anilines is 2. The van der Waals surface area contributed by atoms with Crippen LogP contribution in [0.5, 0.6) is 0 Å². The van der Waals surface area contributed by atoms with E-state index in [1.807, 2.05) is 0 Å². The molecule has 5 nitrogen and oxygen atoms in total. The number of hydrogen-bond donors (Lipinski definition) is 1. The fraction of sp³-hybridized carbons (Fsp3) is 0.0685. The summed E-state index contributed by atoms with van der Waals surface area (Å²) in [6.45, 7) is 4.77. The fourth-order valence-electron chi connectivity index (χ4n) is 13.7. The zero-order valence-electron chi connectivity index (χ0n) is 43.4.